The predicted molar refractivity (Wildman–Crippen MR) is 137 cm³/mol. The van der Waals surface area contributed by atoms with Crippen LogP contribution in [0.5, 0.6) is 0 Å². The van der Waals surface area contributed by atoms with Gasteiger partial charge in [0.25, 0.3) is 5.91 Å². The van der Waals surface area contributed by atoms with E-state index in [0.717, 1.165) is 27.3 Å². The molecule has 4 rings (SSSR count). The number of amides is 3. The largest absolute Gasteiger partial charge is 0.348 e. The van der Waals surface area contributed by atoms with Gasteiger partial charge in [0.05, 0.1) is 11.0 Å². The SMILES string of the molecule is CC(C)NC(=O)Nc1ccc(CNC(=O)c2ccccc2CSc2nc3ccccc3[nH]2)cc1. The molecule has 0 saturated carbocycles. The third-order valence-corrected chi connectivity index (χ3v) is 6.00. The second-order valence-corrected chi connectivity index (χ2v) is 9.10. The third kappa shape index (κ3) is 6.17. The lowest BCUT2D eigenvalue weighted by atomic mass is 10.1. The molecule has 174 valence electrons. The Morgan fingerprint density at radius 1 is 0.971 bits per heavy atom. The summed E-state index contributed by atoms with van der Waals surface area (Å²) in [5, 5.41) is 9.39. The van der Waals surface area contributed by atoms with Crippen LogP contribution >= 0.6 is 11.8 Å². The molecule has 4 N–H and O–H groups in total. The van der Waals surface area contributed by atoms with Crippen LogP contribution < -0.4 is 16.0 Å². The Labute approximate surface area is 202 Å². The van der Waals surface area contributed by atoms with Crippen LogP contribution in [0.15, 0.2) is 78.0 Å². The number of urea groups is 1. The van der Waals surface area contributed by atoms with Crippen molar-refractivity contribution in [2.75, 3.05) is 5.32 Å². The number of rotatable bonds is 8. The Bertz CT molecular complexity index is 1250. The van der Waals surface area contributed by atoms with Gasteiger partial charge in [-0.3, -0.25) is 4.79 Å². The molecule has 0 saturated heterocycles. The highest BCUT2D eigenvalue weighted by Gasteiger charge is 2.12. The van der Waals surface area contributed by atoms with Crippen molar-refractivity contribution in [3.8, 4) is 0 Å². The van der Waals surface area contributed by atoms with Crippen LogP contribution in [-0.2, 0) is 12.3 Å². The van der Waals surface area contributed by atoms with E-state index in [-0.39, 0.29) is 18.0 Å². The van der Waals surface area contributed by atoms with Gasteiger partial charge in [0.2, 0.25) is 0 Å². The quantitative estimate of drug-likeness (QED) is 0.261. The molecule has 0 aliphatic carbocycles. The summed E-state index contributed by atoms with van der Waals surface area (Å²) in [5.41, 5.74) is 5.16. The van der Waals surface area contributed by atoms with E-state index >= 15 is 0 Å². The zero-order valence-electron chi connectivity index (χ0n) is 19.1. The van der Waals surface area contributed by atoms with Crippen LogP contribution in [0.4, 0.5) is 10.5 Å². The number of carbonyl (C=O) groups excluding carboxylic acids is 2. The molecule has 0 atom stereocenters. The molecule has 0 aliphatic rings. The average Bonchev–Trinajstić information content (AvgIpc) is 3.25. The maximum atomic E-state index is 12.9. The number of aromatic nitrogens is 2. The number of thioether (sulfide) groups is 1. The number of nitrogens with zero attached hydrogens (tertiary/aromatic N) is 1. The molecule has 3 amide bonds. The van der Waals surface area contributed by atoms with Crippen molar-refractivity contribution in [1.29, 1.82) is 0 Å². The van der Waals surface area contributed by atoms with Crippen molar-refractivity contribution in [2.45, 2.75) is 37.3 Å². The summed E-state index contributed by atoms with van der Waals surface area (Å²) in [6.45, 7) is 4.20. The lowest BCUT2D eigenvalue weighted by Gasteiger charge is -2.11. The predicted octanol–water partition coefficient (Wildman–Crippen LogP) is 5.32. The van der Waals surface area contributed by atoms with Gasteiger partial charge in [-0.1, -0.05) is 54.2 Å². The van der Waals surface area contributed by atoms with Crippen LogP contribution in [-0.4, -0.2) is 27.9 Å². The van der Waals surface area contributed by atoms with Gasteiger partial charge in [0.1, 0.15) is 0 Å². The maximum absolute atomic E-state index is 12.9. The lowest BCUT2D eigenvalue weighted by molar-refractivity contribution is 0.0950. The first-order valence-corrected chi connectivity index (χ1v) is 12.1. The Hall–Kier alpha value is -3.78. The molecule has 4 aromatic rings. The molecule has 0 bridgehead atoms. The molecular formula is C26H27N5O2S. The van der Waals surface area contributed by atoms with Crippen LogP contribution in [0.3, 0.4) is 0 Å². The zero-order valence-corrected chi connectivity index (χ0v) is 19.9. The van der Waals surface area contributed by atoms with Crippen molar-refractivity contribution >= 4 is 40.4 Å². The Balaban J connectivity index is 1.34. The van der Waals surface area contributed by atoms with Gasteiger partial charge in [-0.05, 0) is 55.3 Å². The van der Waals surface area contributed by atoms with E-state index in [0.29, 0.717) is 23.5 Å². The number of hydrogen-bond donors (Lipinski definition) is 4. The Morgan fingerprint density at radius 2 is 1.71 bits per heavy atom. The van der Waals surface area contributed by atoms with E-state index in [1.807, 2.05) is 86.6 Å². The van der Waals surface area contributed by atoms with Crippen molar-refractivity contribution < 1.29 is 9.59 Å². The van der Waals surface area contributed by atoms with Crippen molar-refractivity contribution in [3.05, 3.63) is 89.5 Å². The van der Waals surface area contributed by atoms with E-state index in [9.17, 15) is 9.59 Å². The molecule has 8 heteroatoms. The molecular weight excluding hydrogens is 446 g/mol. The first-order chi connectivity index (χ1) is 16.5. The third-order valence-electron chi connectivity index (χ3n) is 5.08. The highest BCUT2D eigenvalue weighted by atomic mass is 32.2. The smallest absolute Gasteiger partial charge is 0.319 e. The molecule has 0 aliphatic heterocycles. The second-order valence-electron chi connectivity index (χ2n) is 8.14. The number of fused-ring (bicyclic) bond motifs is 1. The molecule has 34 heavy (non-hydrogen) atoms. The summed E-state index contributed by atoms with van der Waals surface area (Å²) < 4.78 is 0. The van der Waals surface area contributed by atoms with E-state index in [1.54, 1.807) is 11.8 Å². The minimum Gasteiger partial charge on any atom is -0.348 e. The molecule has 0 radical (unpaired) electrons. The van der Waals surface area contributed by atoms with Gasteiger partial charge in [0.15, 0.2) is 5.16 Å². The minimum absolute atomic E-state index is 0.0643. The van der Waals surface area contributed by atoms with Crippen molar-refractivity contribution in [2.24, 2.45) is 0 Å². The molecule has 0 fully saturated rings. The van der Waals surface area contributed by atoms with E-state index < -0.39 is 0 Å². The van der Waals surface area contributed by atoms with Crippen LogP contribution in [0.25, 0.3) is 11.0 Å². The second kappa shape index (κ2) is 10.9. The normalized spacial score (nSPS) is 10.9. The van der Waals surface area contributed by atoms with E-state index in [4.69, 9.17) is 0 Å². The number of anilines is 1. The summed E-state index contributed by atoms with van der Waals surface area (Å²) in [6, 6.07) is 22.7. The van der Waals surface area contributed by atoms with Gasteiger partial charge < -0.3 is 20.9 Å². The van der Waals surface area contributed by atoms with Crippen LogP contribution in [0, 0.1) is 0 Å². The van der Waals surface area contributed by atoms with Crippen LogP contribution in [0.1, 0.15) is 35.3 Å². The first kappa shape index (κ1) is 23.4. The van der Waals surface area contributed by atoms with Crippen molar-refractivity contribution in [3.63, 3.8) is 0 Å². The monoisotopic (exact) mass is 473 g/mol. The summed E-state index contributed by atoms with van der Waals surface area (Å²) in [4.78, 5) is 32.6. The number of aromatic amines is 1. The number of imidazole rings is 1. The molecule has 0 spiro atoms. The first-order valence-electron chi connectivity index (χ1n) is 11.1. The molecule has 3 aromatic carbocycles. The minimum atomic E-state index is -0.242. The fraction of sp³-hybridized carbons (Fsp3) is 0.192. The van der Waals surface area contributed by atoms with E-state index in [2.05, 4.69) is 25.9 Å². The standard InChI is InChI=1S/C26H27N5O2S/c1-17(2)28-25(33)29-20-13-11-18(12-14-20)15-27-24(32)21-8-4-3-7-19(21)16-34-26-30-22-9-5-6-10-23(22)31-26/h3-14,17H,15-16H2,1-2H3,(H,27,32)(H,30,31)(H2,28,29,33). The zero-order chi connectivity index (χ0) is 23.9. The van der Waals surface area contributed by atoms with Gasteiger partial charge >= 0.3 is 6.03 Å². The summed E-state index contributed by atoms with van der Waals surface area (Å²) in [5.74, 6) is 0.502. The topological polar surface area (TPSA) is 98.9 Å². The number of nitrogens with one attached hydrogen (secondary N) is 4. The molecule has 1 aromatic heterocycles. The summed E-state index contributed by atoms with van der Waals surface area (Å²) in [6.07, 6.45) is 0. The van der Waals surface area contributed by atoms with E-state index in [1.165, 1.54) is 0 Å². The molecule has 1 heterocycles. The summed E-state index contributed by atoms with van der Waals surface area (Å²) in [7, 11) is 0. The number of carbonyl (C=O) groups is 2. The van der Waals surface area contributed by atoms with Gasteiger partial charge in [-0.25, -0.2) is 9.78 Å². The average molecular weight is 474 g/mol. The molecule has 0 unspecified atom stereocenters. The number of hydrogen-bond acceptors (Lipinski definition) is 4. The molecule has 7 nitrogen and oxygen atoms in total. The number of H-pyrrole nitrogens is 1. The van der Waals surface area contributed by atoms with Crippen molar-refractivity contribution in [1.82, 2.24) is 20.6 Å². The Kier molecular flexibility index (Phi) is 7.49. The highest BCUT2D eigenvalue weighted by molar-refractivity contribution is 7.98. The lowest BCUT2D eigenvalue weighted by Crippen LogP contribution is -2.34. The maximum Gasteiger partial charge on any atom is 0.319 e. The van der Waals surface area contributed by atoms with Crippen LogP contribution in [0.2, 0.25) is 0 Å². The Morgan fingerprint density at radius 3 is 2.47 bits per heavy atom. The van der Waals surface area contributed by atoms with Gasteiger partial charge in [0, 0.05) is 29.6 Å². The number of para-hydroxylation sites is 2. The highest BCUT2D eigenvalue weighted by Crippen LogP contribution is 2.24. The van der Waals surface area contributed by atoms with Gasteiger partial charge in [-0.2, -0.15) is 0 Å². The number of benzene rings is 3. The van der Waals surface area contributed by atoms with Gasteiger partial charge in [-0.15, -0.1) is 0 Å². The summed E-state index contributed by atoms with van der Waals surface area (Å²) >= 11 is 1.57. The fourth-order valence-electron chi connectivity index (χ4n) is 3.42. The fourth-order valence-corrected chi connectivity index (χ4v) is 4.31.